The van der Waals surface area contributed by atoms with E-state index in [9.17, 15) is 24.0 Å². The Kier molecular flexibility index (Phi) is 14.6. The van der Waals surface area contributed by atoms with Gasteiger partial charge in [-0.05, 0) is 64.5 Å². The lowest BCUT2D eigenvalue weighted by Gasteiger charge is -2.18. The van der Waals surface area contributed by atoms with Gasteiger partial charge in [-0.15, -0.1) is 6.58 Å². The van der Waals surface area contributed by atoms with Crippen LogP contribution in [0.5, 0.6) is 0 Å². The number of hydrogen-bond donors (Lipinski definition) is 3. The van der Waals surface area contributed by atoms with Gasteiger partial charge in [0.15, 0.2) is 5.69 Å². The van der Waals surface area contributed by atoms with Gasteiger partial charge in [-0.25, -0.2) is 4.79 Å². The van der Waals surface area contributed by atoms with Crippen LogP contribution in [-0.4, -0.2) is 52.1 Å². The number of aromatic nitrogens is 2. The minimum absolute atomic E-state index is 0.0204. The topological polar surface area (TPSA) is 162 Å². The molecule has 4 rings (SSSR count). The molecule has 0 aromatic carbocycles. The van der Waals surface area contributed by atoms with Gasteiger partial charge in [0, 0.05) is 36.8 Å². The number of nitrogens with zero attached hydrogens (tertiary/aromatic N) is 2. The third kappa shape index (κ3) is 11.4. The van der Waals surface area contributed by atoms with Crippen molar-refractivity contribution in [3.05, 3.63) is 71.0 Å². The van der Waals surface area contributed by atoms with Crippen LogP contribution in [0.3, 0.4) is 0 Å². The summed E-state index contributed by atoms with van der Waals surface area (Å²) in [5.74, 6) is -1.58. The first-order valence-electron chi connectivity index (χ1n) is 14.7. The number of carbonyl (C=O) groups is 4. The van der Waals surface area contributed by atoms with E-state index in [4.69, 9.17) is 9.26 Å². The second-order valence-electron chi connectivity index (χ2n) is 9.93. The van der Waals surface area contributed by atoms with E-state index in [0.29, 0.717) is 25.1 Å². The van der Waals surface area contributed by atoms with Crippen LogP contribution >= 0.6 is 0 Å². The summed E-state index contributed by atoms with van der Waals surface area (Å²) in [5, 5.41) is 11.7. The first kappa shape index (κ1) is 34.7. The predicted molar refractivity (Wildman–Crippen MR) is 162 cm³/mol. The van der Waals surface area contributed by atoms with Crippen LogP contribution in [0.1, 0.15) is 75.5 Å². The maximum atomic E-state index is 12.9. The molecular formula is C31H43N5O7. The van der Waals surface area contributed by atoms with Crippen molar-refractivity contribution in [1.29, 1.82) is 0 Å². The molecule has 0 bridgehead atoms. The average molecular weight is 598 g/mol. The Morgan fingerprint density at radius 2 is 1.93 bits per heavy atom. The third-order valence-corrected chi connectivity index (χ3v) is 6.54. The summed E-state index contributed by atoms with van der Waals surface area (Å²) in [6, 6.07) is 3.76. The van der Waals surface area contributed by atoms with E-state index in [1.165, 1.54) is 36.5 Å². The SMILES string of the molecule is C=CC.CC.Cc1cc(C(=O)Nc2cccn(CC(=O)N[C@H](/C=C/C(=O)OC3CCCC3)C[C@@H]3CCNC3=O)c2=O)no1. The molecule has 0 radical (unpaired) electrons. The largest absolute Gasteiger partial charge is 0.459 e. The fraction of sp³-hybridized carbons (Fsp3) is 0.484. The number of carbonyl (C=O) groups excluding carboxylic acids is 4. The van der Waals surface area contributed by atoms with Crippen LogP contribution in [0.15, 0.2) is 58.5 Å². The Morgan fingerprint density at radius 1 is 1.23 bits per heavy atom. The van der Waals surface area contributed by atoms with Gasteiger partial charge in [0.1, 0.15) is 24.1 Å². The first-order chi connectivity index (χ1) is 20.7. The maximum absolute atomic E-state index is 12.9. The van der Waals surface area contributed by atoms with Crippen LogP contribution in [0.25, 0.3) is 0 Å². The van der Waals surface area contributed by atoms with Crippen molar-refractivity contribution in [1.82, 2.24) is 20.4 Å². The average Bonchev–Trinajstić information content (AvgIpc) is 3.75. The van der Waals surface area contributed by atoms with Gasteiger partial charge >= 0.3 is 5.97 Å². The number of pyridine rings is 1. The molecule has 1 saturated carbocycles. The van der Waals surface area contributed by atoms with Gasteiger partial charge in [-0.1, -0.05) is 31.2 Å². The predicted octanol–water partition coefficient (Wildman–Crippen LogP) is 3.67. The normalized spacial score (nSPS) is 16.7. The summed E-state index contributed by atoms with van der Waals surface area (Å²) in [6.07, 6.45) is 10.6. The van der Waals surface area contributed by atoms with Gasteiger partial charge in [0.05, 0.1) is 0 Å². The standard InChI is InChI=1S/C26H31N5O7.C3H6.C2H6/c1-16-13-21(30-38-16)25(35)29-20-7-4-12-31(26(20)36)15-22(32)28-18(14-17-10-11-27-24(17)34)8-9-23(33)37-19-5-2-3-6-19;1-3-2;1-2/h4,7-9,12-13,17-19H,2-3,5-6,10-11,14-15H2,1H3,(H,27,34)(H,28,32)(H,29,35);3H,1H2,2H3;1-2H3/b9-8+;;/t17-,18+;;/m0../s1. The van der Waals surface area contributed by atoms with Gasteiger partial charge in [-0.2, -0.15) is 0 Å². The van der Waals surface area contributed by atoms with Crippen LogP contribution in [0, 0.1) is 12.8 Å². The Labute approximate surface area is 251 Å². The van der Waals surface area contributed by atoms with Crippen molar-refractivity contribution < 1.29 is 28.4 Å². The third-order valence-electron chi connectivity index (χ3n) is 6.54. The first-order valence-corrected chi connectivity index (χ1v) is 14.7. The number of hydrogen-bond acceptors (Lipinski definition) is 8. The Balaban J connectivity index is 0.00000121. The van der Waals surface area contributed by atoms with Gasteiger partial charge in [0.2, 0.25) is 11.8 Å². The molecule has 1 saturated heterocycles. The number of ether oxygens (including phenoxy) is 1. The molecule has 12 heteroatoms. The molecule has 2 aliphatic rings. The number of anilines is 1. The van der Waals surface area contributed by atoms with Gasteiger partial charge < -0.3 is 29.8 Å². The maximum Gasteiger partial charge on any atom is 0.330 e. The molecule has 2 atom stereocenters. The van der Waals surface area contributed by atoms with Crippen LogP contribution in [-0.2, 0) is 25.7 Å². The van der Waals surface area contributed by atoms with Gasteiger partial charge in [-0.3, -0.25) is 19.2 Å². The fourth-order valence-electron chi connectivity index (χ4n) is 4.59. The number of allylic oxidation sites excluding steroid dienone is 1. The molecule has 2 aromatic heterocycles. The molecule has 0 spiro atoms. The molecule has 3 heterocycles. The summed E-state index contributed by atoms with van der Waals surface area (Å²) < 4.78 is 11.5. The van der Waals surface area contributed by atoms with E-state index >= 15 is 0 Å². The molecule has 43 heavy (non-hydrogen) atoms. The smallest absolute Gasteiger partial charge is 0.330 e. The molecule has 2 fully saturated rings. The summed E-state index contributed by atoms with van der Waals surface area (Å²) in [7, 11) is 0. The molecule has 3 N–H and O–H groups in total. The second-order valence-corrected chi connectivity index (χ2v) is 9.93. The van der Waals surface area contributed by atoms with Crippen molar-refractivity contribution in [3.8, 4) is 0 Å². The minimum Gasteiger partial charge on any atom is -0.459 e. The molecule has 1 aliphatic heterocycles. The molecular weight excluding hydrogens is 554 g/mol. The highest BCUT2D eigenvalue weighted by Gasteiger charge is 2.27. The van der Waals surface area contributed by atoms with Crippen molar-refractivity contribution in [2.75, 3.05) is 11.9 Å². The summed E-state index contributed by atoms with van der Waals surface area (Å²) >= 11 is 0. The van der Waals surface area contributed by atoms with Crippen molar-refractivity contribution in [2.45, 2.75) is 84.9 Å². The highest BCUT2D eigenvalue weighted by atomic mass is 16.5. The van der Waals surface area contributed by atoms with E-state index in [1.54, 1.807) is 13.0 Å². The molecule has 3 amide bonds. The van der Waals surface area contributed by atoms with E-state index in [-0.39, 0.29) is 35.9 Å². The monoisotopic (exact) mass is 597 g/mol. The fourth-order valence-corrected chi connectivity index (χ4v) is 4.59. The molecule has 1 aliphatic carbocycles. The number of nitrogens with one attached hydrogen (secondary N) is 3. The zero-order valence-electron chi connectivity index (χ0n) is 25.4. The molecule has 2 aromatic rings. The number of rotatable bonds is 10. The zero-order valence-corrected chi connectivity index (χ0v) is 25.4. The lowest BCUT2D eigenvalue weighted by atomic mass is 9.98. The van der Waals surface area contributed by atoms with E-state index in [1.807, 2.05) is 20.8 Å². The number of esters is 1. The van der Waals surface area contributed by atoms with Crippen molar-refractivity contribution in [2.24, 2.45) is 5.92 Å². The van der Waals surface area contributed by atoms with E-state index in [0.717, 1.165) is 30.3 Å². The lowest BCUT2D eigenvalue weighted by Crippen LogP contribution is -2.40. The van der Waals surface area contributed by atoms with Crippen LogP contribution < -0.4 is 21.5 Å². The second kappa shape index (κ2) is 18.1. The molecule has 0 unspecified atom stereocenters. The van der Waals surface area contributed by atoms with E-state index in [2.05, 4.69) is 27.7 Å². The van der Waals surface area contributed by atoms with Gasteiger partial charge in [0.25, 0.3) is 11.5 Å². The molecule has 234 valence electrons. The quantitative estimate of drug-likeness (QED) is 0.212. The summed E-state index contributed by atoms with van der Waals surface area (Å²) in [6.45, 7) is 11.1. The van der Waals surface area contributed by atoms with Crippen molar-refractivity contribution in [3.63, 3.8) is 0 Å². The molecule has 12 nitrogen and oxygen atoms in total. The number of amides is 3. The minimum atomic E-state index is -0.624. The summed E-state index contributed by atoms with van der Waals surface area (Å²) in [4.78, 5) is 62.5. The number of aryl methyl sites for hydroxylation is 1. The lowest BCUT2D eigenvalue weighted by molar-refractivity contribution is -0.142. The van der Waals surface area contributed by atoms with Crippen molar-refractivity contribution >= 4 is 29.4 Å². The Morgan fingerprint density at radius 3 is 2.53 bits per heavy atom. The summed E-state index contributed by atoms with van der Waals surface area (Å²) in [5.41, 5.74) is -0.592. The highest BCUT2D eigenvalue weighted by Crippen LogP contribution is 2.21. The van der Waals surface area contributed by atoms with E-state index < -0.39 is 29.4 Å². The zero-order chi connectivity index (χ0) is 31.8. The van der Waals surface area contributed by atoms with Crippen LogP contribution in [0.4, 0.5) is 5.69 Å². The highest BCUT2D eigenvalue weighted by molar-refractivity contribution is 6.02. The Hall–Kier alpha value is -4.48. The van der Waals surface area contributed by atoms with Crippen LogP contribution in [0.2, 0.25) is 0 Å². The Bertz CT molecular complexity index is 1320.